The number of halogens is 1. The number of hydrogen-bond acceptors (Lipinski definition) is 5. The molecule has 2 aromatic heterocycles. The number of oxazole rings is 1. The van der Waals surface area contributed by atoms with Crippen molar-refractivity contribution in [3.8, 4) is 10.8 Å². The predicted octanol–water partition coefficient (Wildman–Crippen LogP) is 1.66. The third-order valence-electron chi connectivity index (χ3n) is 2.09. The highest BCUT2D eigenvalue weighted by molar-refractivity contribution is 7.13. The SMILES string of the molecule is CNCC(=O)NCc1coc(-c2cccs2)n1.Cl. The third kappa shape index (κ3) is 3.83. The van der Waals surface area contributed by atoms with Crippen molar-refractivity contribution in [1.29, 1.82) is 0 Å². The Bertz CT molecular complexity index is 484. The van der Waals surface area contributed by atoms with Crippen LogP contribution in [0.4, 0.5) is 0 Å². The molecule has 0 aliphatic heterocycles. The molecule has 0 saturated heterocycles. The number of amides is 1. The number of nitrogens with one attached hydrogen (secondary N) is 2. The summed E-state index contributed by atoms with van der Waals surface area (Å²) >= 11 is 1.57. The fourth-order valence-corrected chi connectivity index (χ4v) is 1.97. The fraction of sp³-hybridized carbons (Fsp3) is 0.273. The average molecular weight is 288 g/mol. The molecule has 0 radical (unpaired) electrons. The first-order chi connectivity index (χ1) is 8.29. The molecule has 0 aromatic carbocycles. The molecule has 2 rings (SSSR count). The lowest BCUT2D eigenvalue weighted by Crippen LogP contribution is -2.31. The molecule has 5 nitrogen and oxygen atoms in total. The van der Waals surface area contributed by atoms with E-state index in [1.165, 1.54) is 0 Å². The van der Waals surface area contributed by atoms with Gasteiger partial charge in [-0.05, 0) is 18.5 Å². The molecular formula is C11H14ClN3O2S. The number of aromatic nitrogens is 1. The molecule has 2 N–H and O–H groups in total. The van der Waals surface area contributed by atoms with E-state index in [0.29, 0.717) is 19.0 Å². The molecule has 0 spiro atoms. The molecule has 2 aromatic rings. The van der Waals surface area contributed by atoms with Gasteiger partial charge in [0.25, 0.3) is 0 Å². The minimum atomic E-state index is -0.0619. The Kier molecular flexibility index (Phi) is 5.84. The zero-order chi connectivity index (χ0) is 12.1. The largest absolute Gasteiger partial charge is 0.443 e. The van der Waals surface area contributed by atoms with Crippen molar-refractivity contribution in [2.24, 2.45) is 0 Å². The van der Waals surface area contributed by atoms with Crippen LogP contribution in [0.2, 0.25) is 0 Å². The van der Waals surface area contributed by atoms with Gasteiger partial charge in [0.1, 0.15) is 6.26 Å². The van der Waals surface area contributed by atoms with E-state index in [4.69, 9.17) is 4.42 Å². The van der Waals surface area contributed by atoms with E-state index in [1.807, 2.05) is 17.5 Å². The van der Waals surface area contributed by atoms with Crippen LogP contribution in [-0.2, 0) is 11.3 Å². The summed E-state index contributed by atoms with van der Waals surface area (Å²) < 4.78 is 5.33. The number of carbonyl (C=O) groups is 1. The summed E-state index contributed by atoms with van der Waals surface area (Å²) in [5, 5.41) is 7.48. The van der Waals surface area contributed by atoms with Gasteiger partial charge in [0.15, 0.2) is 0 Å². The zero-order valence-corrected chi connectivity index (χ0v) is 11.4. The van der Waals surface area contributed by atoms with Crippen molar-refractivity contribution in [2.75, 3.05) is 13.6 Å². The lowest BCUT2D eigenvalue weighted by atomic mass is 10.4. The molecule has 0 aliphatic rings. The molecule has 0 saturated carbocycles. The van der Waals surface area contributed by atoms with Crippen molar-refractivity contribution in [2.45, 2.75) is 6.54 Å². The Morgan fingerprint density at radius 1 is 1.56 bits per heavy atom. The Hall–Kier alpha value is -1.37. The van der Waals surface area contributed by atoms with E-state index in [0.717, 1.165) is 10.6 Å². The lowest BCUT2D eigenvalue weighted by Gasteiger charge is -2.00. The zero-order valence-electron chi connectivity index (χ0n) is 9.80. The molecule has 0 bridgehead atoms. The maximum Gasteiger partial charge on any atom is 0.236 e. The highest BCUT2D eigenvalue weighted by Gasteiger charge is 2.08. The molecule has 0 unspecified atom stereocenters. The summed E-state index contributed by atoms with van der Waals surface area (Å²) in [6, 6.07) is 3.89. The second-order valence-electron chi connectivity index (χ2n) is 3.43. The van der Waals surface area contributed by atoms with Gasteiger partial charge in [0.2, 0.25) is 11.8 Å². The summed E-state index contributed by atoms with van der Waals surface area (Å²) in [6.07, 6.45) is 1.56. The van der Waals surface area contributed by atoms with Crippen LogP contribution in [0, 0.1) is 0 Å². The maximum absolute atomic E-state index is 11.2. The molecule has 2 heterocycles. The fourth-order valence-electron chi connectivity index (χ4n) is 1.31. The Labute approximate surface area is 115 Å². The number of nitrogens with zero attached hydrogens (tertiary/aromatic N) is 1. The quantitative estimate of drug-likeness (QED) is 0.878. The van der Waals surface area contributed by atoms with Crippen LogP contribution in [-0.4, -0.2) is 24.5 Å². The molecule has 0 aliphatic carbocycles. The van der Waals surface area contributed by atoms with Gasteiger partial charge in [0.05, 0.1) is 23.7 Å². The van der Waals surface area contributed by atoms with Crippen LogP contribution in [0.3, 0.4) is 0 Å². The lowest BCUT2D eigenvalue weighted by molar-refractivity contribution is -0.120. The molecule has 7 heteroatoms. The minimum absolute atomic E-state index is 0. The topological polar surface area (TPSA) is 67.2 Å². The van der Waals surface area contributed by atoms with E-state index in [9.17, 15) is 4.79 Å². The van der Waals surface area contributed by atoms with E-state index in [1.54, 1.807) is 24.6 Å². The first kappa shape index (κ1) is 14.7. The molecule has 98 valence electrons. The van der Waals surface area contributed by atoms with Crippen molar-refractivity contribution in [3.63, 3.8) is 0 Å². The van der Waals surface area contributed by atoms with E-state index in [2.05, 4.69) is 15.6 Å². The summed E-state index contributed by atoms with van der Waals surface area (Å²) in [6.45, 7) is 0.686. The van der Waals surface area contributed by atoms with Gasteiger partial charge in [-0.2, -0.15) is 0 Å². The van der Waals surface area contributed by atoms with Crippen LogP contribution < -0.4 is 10.6 Å². The summed E-state index contributed by atoms with van der Waals surface area (Å²) in [7, 11) is 1.73. The summed E-state index contributed by atoms with van der Waals surface area (Å²) in [5.74, 6) is 0.533. The van der Waals surface area contributed by atoms with Crippen LogP contribution in [0.1, 0.15) is 5.69 Å². The van der Waals surface area contributed by atoms with Gasteiger partial charge in [-0.1, -0.05) is 6.07 Å². The molecular weight excluding hydrogens is 274 g/mol. The summed E-state index contributed by atoms with van der Waals surface area (Å²) in [4.78, 5) is 16.5. The number of likely N-dealkylation sites (N-methyl/N-ethyl adjacent to an activating group) is 1. The second kappa shape index (κ2) is 7.15. The minimum Gasteiger partial charge on any atom is -0.443 e. The molecule has 1 amide bonds. The van der Waals surface area contributed by atoms with Crippen molar-refractivity contribution in [1.82, 2.24) is 15.6 Å². The first-order valence-corrected chi connectivity index (χ1v) is 6.07. The van der Waals surface area contributed by atoms with E-state index < -0.39 is 0 Å². The van der Waals surface area contributed by atoms with Gasteiger partial charge in [-0.3, -0.25) is 4.79 Å². The molecule has 18 heavy (non-hydrogen) atoms. The normalized spacial score (nSPS) is 9.83. The van der Waals surface area contributed by atoms with Gasteiger partial charge >= 0.3 is 0 Å². The van der Waals surface area contributed by atoms with Gasteiger partial charge in [-0.25, -0.2) is 4.98 Å². The monoisotopic (exact) mass is 287 g/mol. The third-order valence-corrected chi connectivity index (χ3v) is 2.95. The van der Waals surface area contributed by atoms with Crippen LogP contribution in [0.5, 0.6) is 0 Å². The number of carbonyl (C=O) groups excluding carboxylic acids is 1. The smallest absolute Gasteiger partial charge is 0.236 e. The van der Waals surface area contributed by atoms with Gasteiger partial charge in [-0.15, -0.1) is 23.7 Å². The number of thiophene rings is 1. The number of hydrogen-bond donors (Lipinski definition) is 2. The van der Waals surface area contributed by atoms with Crippen LogP contribution in [0.15, 0.2) is 28.2 Å². The maximum atomic E-state index is 11.2. The highest BCUT2D eigenvalue weighted by atomic mass is 35.5. The van der Waals surface area contributed by atoms with Crippen molar-refractivity contribution in [3.05, 3.63) is 29.5 Å². The van der Waals surface area contributed by atoms with Crippen LogP contribution >= 0.6 is 23.7 Å². The van der Waals surface area contributed by atoms with Crippen LogP contribution in [0.25, 0.3) is 10.8 Å². The molecule has 0 atom stereocenters. The highest BCUT2D eigenvalue weighted by Crippen LogP contribution is 2.23. The Morgan fingerprint density at radius 2 is 2.39 bits per heavy atom. The standard InChI is InChI=1S/C11H13N3O2S.ClH/c1-12-6-10(15)13-5-8-7-16-11(14-8)9-3-2-4-17-9;/h2-4,7,12H,5-6H2,1H3,(H,13,15);1H. The van der Waals surface area contributed by atoms with Gasteiger partial charge in [0, 0.05) is 0 Å². The van der Waals surface area contributed by atoms with E-state index in [-0.39, 0.29) is 18.3 Å². The predicted molar refractivity (Wildman–Crippen MR) is 72.8 cm³/mol. The Balaban J connectivity index is 0.00000162. The molecule has 0 fully saturated rings. The van der Waals surface area contributed by atoms with Crippen molar-refractivity contribution >= 4 is 29.7 Å². The van der Waals surface area contributed by atoms with Gasteiger partial charge < -0.3 is 15.1 Å². The summed E-state index contributed by atoms with van der Waals surface area (Å²) in [5.41, 5.74) is 0.720. The van der Waals surface area contributed by atoms with Crippen molar-refractivity contribution < 1.29 is 9.21 Å². The average Bonchev–Trinajstić information content (AvgIpc) is 2.97. The second-order valence-corrected chi connectivity index (χ2v) is 4.38. The number of rotatable bonds is 5. The Morgan fingerprint density at radius 3 is 3.06 bits per heavy atom. The van der Waals surface area contributed by atoms with E-state index >= 15 is 0 Å². The first-order valence-electron chi connectivity index (χ1n) is 5.19.